The third-order valence-corrected chi connectivity index (χ3v) is 4.84. The first-order valence-corrected chi connectivity index (χ1v) is 9.87. The monoisotopic (exact) mass is 429 g/mol. The molecule has 0 saturated heterocycles. The number of halogens is 1. The normalized spacial score (nSPS) is 12.7. The Morgan fingerprint density at radius 2 is 1.93 bits per heavy atom. The summed E-state index contributed by atoms with van der Waals surface area (Å²) in [5, 5.41) is 9.85. The molecular formula is C23H28ClN3O3. The lowest BCUT2D eigenvalue weighted by Crippen LogP contribution is -2.36. The van der Waals surface area contributed by atoms with E-state index in [9.17, 15) is 9.90 Å². The highest BCUT2D eigenvalue weighted by Crippen LogP contribution is 2.19. The van der Waals surface area contributed by atoms with Gasteiger partial charge in [-0.25, -0.2) is 4.79 Å². The van der Waals surface area contributed by atoms with Gasteiger partial charge in [0.25, 0.3) is 0 Å². The zero-order valence-electron chi connectivity index (χ0n) is 17.7. The fraction of sp³-hybridized carbons (Fsp3) is 0.304. The number of carbonyl (C=O) groups is 1. The molecule has 0 atom stereocenters. The third kappa shape index (κ3) is 6.61. The molecule has 7 heteroatoms. The molecule has 2 aromatic carbocycles. The van der Waals surface area contributed by atoms with Crippen molar-refractivity contribution in [2.75, 3.05) is 25.6 Å². The minimum absolute atomic E-state index is 0.0300. The van der Waals surface area contributed by atoms with Gasteiger partial charge in [-0.15, -0.1) is 0 Å². The van der Waals surface area contributed by atoms with Gasteiger partial charge in [0.05, 0.1) is 18.9 Å². The predicted molar refractivity (Wildman–Crippen MR) is 122 cm³/mol. The lowest BCUT2D eigenvalue weighted by molar-refractivity contribution is -0.160. The Labute approximate surface area is 182 Å². The standard InChI is InChI=1S/C23H28ClN3O3/c1-23(2,22(28)29)30-15-18(25)13-21(16-9-7-10-19(12-16)27(3)4)26-14-17-8-5-6-11-20(17)24/h5-13H,14-15,25H2,1-4H3,(H,28,29). The smallest absolute Gasteiger partial charge is 0.335 e. The molecule has 2 aromatic rings. The summed E-state index contributed by atoms with van der Waals surface area (Å²) >= 11 is 6.26. The SMILES string of the molecule is CN(C)c1cccc(C(C=C(N)COC(C)(C)C(=O)O)=NCc2ccccc2Cl)c1. The molecule has 0 unspecified atom stereocenters. The summed E-state index contributed by atoms with van der Waals surface area (Å²) in [4.78, 5) is 18.0. The number of benzene rings is 2. The summed E-state index contributed by atoms with van der Waals surface area (Å²) in [6.07, 6.45) is 1.71. The lowest BCUT2D eigenvalue weighted by atomic mass is 10.1. The number of ether oxygens (including phenoxy) is 1. The molecular weight excluding hydrogens is 402 g/mol. The molecule has 0 heterocycles. The number of aliphatic imine (C=N–C) groups is 1. The first kappa shape index (κ1) is 23.4. The molecule has 0 aromatic heterocycles. The van der Waals surface area contributed by atoms with Crippen LogP contribution in [0.2, 0.25) is 5.02 Å². The van der Waals surface area contributed by atoms with E-state index in [2.05, 4.69) is 0 Å². The first-order valence-electron chi connectivity index (χ1n) is 9.49. The molecule has 0 aliphatic heterocycles. The topological polar surface area (TPSA) is 88.1 Å². The molecule has 2 rings (SSSR count). The highest BCUT2D eigenvalue weighted by atomic mass is 35.5. The summed E-state index contributed by atoms with van der Waals surface area (Å²) in [6, 6.07) is 15.4. The van der Waals surface area contributed by atoms with Crippen molar-refractivity contribution < 1.29 is 14.6 Å². The number of anilines is 1. The Morgan fingerprint density at radius 1 is 1.23 bits per heavy atom. The Hall–Kier alpha value is -2.83. The van der Waals surface area contributed by atoms with Gasteiger partial charge in [0.2, 0.25) is 0 Å². The number of nitrogens with zero attached hydrogens (tertiary/aromatic N) is 2. The van der Waals surface area contributed by atoms with Gasteiger partial charge in [0.15, 0.2) is 5.60 Å². The maximum Gasteiger partial charge on any atom is 0.335 e. The van der Waals surface area contributed by atoms with E-state index in [0.29, 0.717) is 23.0 Å². The van der Waals surface area contributed by atoms with Crippen molar-refractivity contribution in [3.8, 4) is 0 Å². The number of hydrogen-bond acceptors (Lipinski definition) is 5. The maximum absolute atomic E-state index is 11.2. The van der Waals surface area contributed by atoms with Gasteiger partial charge >= 0.3 is 5.97 Å². The average Bonchev–Trinajstić information content (AvgIpc) is 2.70. The Kier molecular flexibility index (Phi) is 8.03. The quantitative estimate of drug-likeness (QED) is 0.585. The highest BCUT2D eigenvalue weighted by molar-refractivity contribution is 6.31. The molecule has 0 radical (unpaired) electrons. The van der Waals surface area contributed by atoms with Gasteiger partial charge in [-0.05, 0) is 43.7 Å². The van der Waals surface area contributed by atoms with Crippen LogP contribution in [0.5, 0.6) is 0 Å². The van der Waals surface area contributed by atoms with Crippen LogP contribution in [0.15, 0.2) is 65.3 Å². The van der Waals surface area contributed by atoms with Crippen LogP contribution in [0.3, 0.4) is 0 Å². The summed E-state index contributed by atoms with van der Waals surface area (Å²) in [7, 11) is 3.93. The summed E-state index contributed by atoms with van der Waals surface area (Å²) in [5.74, 6) is -1.05. The number of hydrogen-bond donors (Lipinski definition) is 2. The van der Waals surface area contributed by atoms with Gasteiger partial charge in [-0.1, -0.05) is 41.9 Å². The minimum atomic E-state index is -1.34. The van der Waals surface area contributed by atoms with Crippen LogP contribution in [0.4, 0.5) is 5.69 Å². The Balaban J connectivity index is 2.35. The summed E-state index contributed by atoms with van der Waals surface area (Å²) in [6.45, 7) is 3.31. The number of allylic oxidation sites excluding steroid dienone is 1. The second-order valence-electron chi connectivity index (χ2n) is 7.56. The van der Waals surface area contributed by atoms with Crippen LogP contribution in [0, 0.1) is 0 Å². The lowest BCUT2D eigenvalue weighted by Gasteiger charge is -2.20. The van der Waals surface area contributed by atoms with Gasteiger partial charge in [-0.2, -0.15) is 0 Å². The second-order valence-corrected chi connectivity index (χ2v) is 7.97. The van der Waals surface area contributed by atoms with Crippen molar-refractivity contribution in [2.24, 2.45) is 10.7 Å². The van der Waals surface area contributed by atoms with E-state index in [4.69, 9.17) is 27.1 Å². The molecule has 3 N–H and O–H groups in total. The van der Waals surface area contributed by atoms with Gasteiger partial charge < -0.3 is 20.5 Å². The predicted octanol–water partition coefficient (Wildman–Crippen LogP) is 4.12. The molecule has 0 aliphatic rings. The second kappa shape index (κ2) is 10.3. The Morgan fingerprint density at radius 3 is 2.57 bits per heavy atom. The van der Waals surface area contributed by atoms with E-state index in [1.54, 1.807) is 6.08 Å². The van der Waals surface area contributed by atoms with E-state index in [0.717, 1.165) is 16.8 Å². The maximum atomic E-state index is 11.2. The molecule has 0 saturated carbocycles. The molecule has 0 bridgehead atoms. The first-order chi connectivity index (χ1) is 14.1. The van der Waals surface area contributed by atoms with Crippen LogP contribution in [-0.2, 0) is 16.1 Å². The van der Waals surface area contributed by atoms with Crippen LogP contribution >= 0.6 is 11.6 Å². The molecule has 0 fully saturated rings. The summed E-state index contributed by atoms with van der Waals surface area (Å²) in [5.41, 5.74) is 8.64. The molecule has 6 nitrogen and oxygen atoms in total. The molecule has 0 spiro atoms. The van der Waals surface area contributed by atoms with Gasteiger partial charge in [-0.3, -0.25) is 4.99 Å². The van der Waals surface area contributed by atoms with E-state index in [1.165, 1.54) is 13.8 Å². The van der Waals surface area contributed by atoms with E-state index < -0.39 is 11.6 Å². The van der Waals surface area contributed by atoms with Crippen LogP contribution in [0.1, 0.15) is 25.0 Å². The van der Waals surface area contributed by atoms with Gasteiger partial charge in [0, 0.05) is 36.1 Å². The van der Waals surface area contributed by atoms with Crippen LogP contribution in [0.25, 0.3) is 0 Å². The average molecular weight is 430 g/mol. The van der Waals surface area contributed by atoms with Crippen molar-refractivity contribution in [3.63, 3.8) is 0 Å². The zero-order valence-corrected chi connectivity index (χ0v) is 18.5. The number of rotatable bonds is 9. The molecule has 160 valence electrons. The van der Waals surface area contributed by atoms with Crippen molar-refractivity contribution in [2.45, 2.75) is 26.0 Å². The fourth-order valence-electron chi connectivity index (χ4n) is 2.50. The molecule has 0 aliphatic carbocycles. The summed E-state index contributed by atoms with van der Waals surface area (Å²) < 4.78 is 5.46. The number of carboxylic acids is 1. The number of carboxylic acid groups (broad SMARTS) is 1. The van der Waals surface area contributed by atoms with E-state index in [-0.39, 0.29) is 6.61 Å². The third-order valence-electron chi connectivity index (χ3n) is 4.47. The van der Waals surface area contributed by atoms with Crippen LogP contribution in [-0.4, -0.2) is 43.1 Å². The van der Waals surface area contributed by atoms with Crippen LogP contribution < -0.4 is 10.6 Å². The van der Waals surface area contributed by atoms with Crippen molar-refractivity contribution in [1.29, 1.82) is 0 Å². The molecule has 30 heavy (non-hydrogen) atoms. The Bertz CT molecular complexity index is 952. The number of aliphatic carboxylic acids is 1. The van der Waals surface area contributed by atoms with Crippen molar-refractivity contribution in [3.05, 3.63) is 76.5 Å². The van der Waals surface area contributed by atoms with E-state index >= 15 is 0 Å². The fourth-order valence-corrected chi connectivity index (χ4v) is 2.70. The van der Waals surface area contributed by atoms with Gasteiger partial charge in [0.1, 0.15) is 0 Å². The zero-order chi connectivity index (χ0) is 22.3. The molecule has 0 amide bonds. The van der Waals surface area contributed by atoms with E-state index in [1.807, 2.05) is 67.5 Å². The van der Waals surface area contributed by atoms with Crippen molar-refractivity contribution in [1.82, 2.24) is 0 Å². The number of nitrogens with two attached hydrogens (primary N) is 1. The largest absolute Gasteiger partial charge is 0.479 e. The van der Waals surface area contributed by atoms with Crippen molar-refractivity contribution >= 4 is 29.0 Å². The highest BCUT2D eigenvalue weighted by Gasteiger charge is 2.27. The minimum Gasteiger partial charge on any atom is -0.479 e.